The molecule has 0 unspecified atom stereocenters. The van der Waals surface area contributed by atoms with Crippen molar-refractivity contribution in [2.45, 2.75) is 63.5 Å². The number of nitrogens with two attached hydrogens (primary N) is 1. The second-order valence-electron chi connectivity index (χ2n) is 5.17. The smallest absolute Gasteiger partial charge is 0.00683 e. The maximum absolute atomic E-state index is 5.89. The van der Waals surface area contributed by atoms with Crippen molar-refractivity contribution in [2.24, 2.45) is 11.7 Å². The van der Waals surface area contributed by atoms with Crippen LogP contribution in [-0.4, -0.2) is 18.6 Å². The Morgan fingerprint density at radius 1 is 0.875 bits per heavy atom. The van der Waals surface area contributed by atoms with E-state index in [9.17, 15) is 0 Å². The molecule has 0 aromatic rings. The van der Waals surface area contributed by atoms with E-state index in [4.69, 9.17) is 5.73 Å². The fraction of sp³-hybridized carbons (Fsp3) is 1.00. The van der Waals surface area contributed by atoms with Crippen molar-refractivity contribution < 1.29 is 0 Å². The van der Waals surface area contributed by atoms with Crippen molar-refractivity contribution in [2.75, 3.05) is 6.54 Å². The lowest BCUT2D eigenvalue weighted by molar-refractivity contribution is 0.324. The zero-order chi connectivity index (χ0) is 9.80. The van der Waals surface area contributed by atoms with Gasteiger partial charge in [-0.15, -0.1) is 24.8 Å². The number of rotatable bonds is 3. The predicted octanol–water partition coefficient (Wildman–Crippen LogP) is 2.88. The van der Waals surface area contributed by atoms with E-state index in [0.29, 0.717) is 6.04 Å². The second kappa shape index (κ2) is 8.57. The first-order valence-corrected chi connectivity index (χ1v) is 6.33. The zero-order valence-corrected chi connectivity index (χ0v) is 11.6. The quantitative estimate of drug-likeness (QED) is 0.826. The minimum Gasteiger partial charge on any atom is -0.328 e. The largest absolute Gasteiger partial charge is 0.328 e. The van der Waals surface area contributed by atoms with Gasteiger partial charge >= 0.3 is 0 Å². The number of nitrogens with one attached hydrogen (secondary N) is 1. The van der Waals surface area contributed by atoms with Gasteiger partial charge in [-0.3, -0.25) is 0 Å². The van der Waals surface area contributed by atoms with E-state index in [1.165, 1.54) is 57.9 Å². The summed E-state index contributed by atoms with van der Waals surface area (Å²) in [6.45, 7) is 1.26. The van der Waals surface area contributed by atoms with Crippen LogP contribution in [0.3, 0.4) is 0 Å². The van der Waals surface area contributed by atoms with Crippen molar-refractivity contribution in [3.05, 3.63) is 0 Å². The molecule has 2 saturated carbocycles. The minimum absolute atomic E-state index is 0. The Bertz CT molecular complexity index is 164. The third kappa shape index (κ3) is 5.22. The van der Waals surface area contributed by atoms with E-state index in [1.54, 1.807) is 0 Å². The molecular formula is C12H26Cl2N2. The molecule has 98 valence electrons. The first-order chi connectivity index (χ1) is 6.84. The molecule has 2 fully saturated rings. The molecule has 0 atom stereocenters. The summed E-state index contributed by atoms with van der Waals surface area (Å²) < 4.78 is 0. The standard InChI is InChI=1S/C12H24N2.2ClH/c13-11-5-7-12(8-6-11)14-9-10-3-1-2-4-10;;/h10-12,14H,1-9,13H2;2*1H. The van der Waals surface area contributed by atoms with Crippen molar-refractivity contribution in [3.8, 4) is 0 Å². The summed E-state index contributed by atoms with van der Waals surface area (Å²) in [7, 11) is 0. The molecular weight excluding hydrogens is 243 g/mol. The summed E-state index contributed by atoms with van der Waals surface area (Å²) >= 11 is 0. The minimum atomic E-state index is 0. The Kier molecular flexibility index (Phi) is 8.84. The van der Waals surface area contributed by atoms with E-state index < -0.39 is 0 Å². The number of hydrogen-bond donors (Lipinski definition) is 2. The number of halogens is 2. The Balaban J connectivity index is 0.00000112. The first-order valence-electron chi connectivity index (χ1n) is 6.33. The van der Waals surface area contributed by atoms with Crippen molar-refractivity contribution in [3.63, 3.8) is 0 Å². The van der Waals surface area contributed by atoms with Gasteiger partial charge in [0.2, 0.25) is 0 Å². The summed E-state index contributed by atoms with van der Waals surface area (Å²) in [6, 6.07) is 1.26. The highest BCUT2D eigenvalue weighted by atomic mass is 35.5. The highest BCUT2D eigenvalue weighted by Gasteiger charge is 2.20. The van der Waals surface area contributed by atoms with Crippen molar-refractivity contribution in [1.82, 2.24) is 5.32 Å². The van der Waals surface area contributed by atoms with Gasteiger partial charge in [-0.05, 0) is 51.0 Å². The van der Waals surface area contributed by atoms with Crippen molar-refractivity contribution >= 4 is 24.8 Å². The Hall–Kier alpha value is 0.500. The van der Waals surface area contributed by atoms with Crippen LogP contribution >= 0.6 is 24.8 Å². The molecule has 0 aliphatic heterocycles. The van der Waals surface area contributed by atoms with Gasteiger partial charge in [-0.2, -0.15) is 0 Å². The molecule has 0 spiro atoms. The van der Waals surface area contributed by atoms with Gasteiger partial charge in [0, 0.05) is 12.1 Å². The van der Waals surface area contributed by atoms with E-state index in [1.807, 2.05) is 0 Å². The highest BCUT2D eigenvalue weighted by molar-refractivity contribution is 5.85. The lowest BCUT2D eigenvalue weighted by Gasteiger charge is -2.28. The lowest BCUT2D eigenvalue weighted by Crippen LogP contribution is -2.39. The Morgan fingerprint density at radius 2 is 1.44 bits per heavy atom. The topological polar surface area (TPSA) is 38.0 Å². The molecule has 0 heterocycles. The molecule has 3 N–H and O–H groups in total. The van der Waals surface area contributed by atoms with Crippen LogP contribution in [0, 0.1) is 5.92 Å². The summed E-state index contributed by atoms with van der Waals surface area (Å²) in [5.41, 5.74) is 5.89. The zero-order valence-electron chi connectivity index (χ0n) is 9.99. The summed E-state index contributed by atoms with van der Waals surface area (Å²) in [6.07, 6.45) is 10.9. The van der Waals surface area contributed by atoms with Gasteiger partial charge < -0.3 is 11.1 Å². The Morgan fingerprint density at radius 3 is 2.00 bits per heavy atom. The average Bonchev–Trinajstić information content (AvgIpc) is 2.70. The molecule has 0 bridgehead atoms. The molecule has 2 nitrogen and oxygen atoms in total. The van der Waals surface area contributed by atoms with Gasteiger partial charge in [0.15, 0.2) is 0 Å². The van der Waals surface area contributed by atoms with Crippen LogP contribution in [0.15, 0.2) is 0 Å². The molecule has 0 radical (unpaired) electrons. The third-order valence-electron chi connectivity index (χ3n) is 3.94. The maximum atomic E-state index is 5.89. The predicted molar refractivity (Wildman–Crippen MR) is 74.7 cm³/mol. The van der Waals surface area contributed by atoms with Crippen LogP contribution in [0.1, 0.15) is 51.4 Å². The van der Waals surface area contributed by atoms with Gasteiger partial charge in [0.1, 0.15) is 0 Å². The van der Waals surface area contributed by atoms with Gasteiger partial charge in [-0.25, -0.2) is 0 Å². The van der Waals surface area contributed by atoms with Gasteiger partial charge in [0.05, 0.1) is 0 Å². The molecule has 16 heavy (non-hydrogen) atoms. The molecule has 2 aliphatic carbocycles. The third-order valence-corrected chi connectivity index (χ3v) is 3.94. The first kappa shape index (κ1) is 16.5. The van der Waals surface area contributed by atoms with Crippen LogP contribution in [0.4, 0.5) is 0 Å². The fourth-order valence-corrected chi connectivity index (χ4v) is 2.87. The van der Waals surface area contributed by atoms with E-state index in [2.05, 4.69) is 5.32 Å². The number of hydrogen-bond acceptors (Lipinski definition) is 2. The summed E-state index contributed by atoms with van der Waals surface area (Å²) in [4.78, 5) is 0. The van der Waals surface area contributed by atoms with Crippen LogP contribution in [0.25, 0.3) is 0 Å². The van der Waals surface area contributed by atoms with E-state index in [0.717, 1.165) is 12.0 Å². The lowest BCUT2D eigenvalue weighted by atomic mass is 9.91. The fourth-order valence-electron chi connectivity index (χ4n) is 2.87. The molecule has 0 amide bonds. The Labute approximate surface area is 112 Å². The average molecular weight is 269 g/mol. The monoisotopic (exact) mass is 268 g/mol. The highest BCUT2D eigenvalue weighted by Crippen LogP contribution is 2.24. The van der Waals surface area contributed by atoms with Gasteiger partial charge in [0.25, 0.3) is 0 Å². The molecule has 0 saturated heterocycles. The van der Waals surface area contributed by atoms with Crippen LogP contribution in [0.5, 0.6) is 0 Å². The van der Waals surface area contributed by atoms with Gasteiger partial charge in [-0.1, -0.05) is 12.8 Å². The van der Waals surface area contributed by atoms with E-state index >= 15 is 0 Å². The van der Waals surface area contributed by atoms with Crippen LogP contribution in [-0.2, 0) is 0 Å². The molecule has 4 heteroatoms. The molecule has 0 aromatic heterocycles. The normalized spacial score (nSPS) is 30.6. The summed E-state index contributed by atoms with van der Waals surface area (Å²) in [5.74, 6) is 0.977. The molecule has 2 rings (SSSR count). The summed E-state index contributed by atoms with van der Waals surface area (Å²) in [5, 5.41) is 3.73. The van der Waals surface area contributed by atoms with E-state index in [-0.39, 0.29) is 24.8 Å². The van der Waals surface area contributed by atoms with Crippen LogP contribution < -0.4 is 11.1 Å². The molecule has 2 aliphatic rings. The maximum Gasteiger partial charge on any atom is 0.00683 e. The SMILES string of the molecule is Cl.Cl.NC1CCC(NCC2CCCC2)CC1. The molecule has 0 aromatic carbocycles. The van der Waals surface area contributed by atoms with Crippen LogP contribution in [0.2, 0.25) is 0 Å². The van der Waals surface area contributed by atoms with Crippen molar-refractivity contribution in [1.29, 1.82) is 0 Å². The second-order valence-corrected chi connectivity index (χ2v) is 5.17.